The molecule has 4 heterocycles. The van der Waals surface area contributed by atoms with Gasteiger partial charge in [0.15, 0.2) is 9.84 Å². The van der Waals surface area contributed by atoms with E-state index in [0.29, 0.717) is 12.0 Å². The second-order valence-corrected chi connectivity index (χ2v) is 10.4. The quantitative estimate of drug-likeness (QED) is 0.656. The standard InChI is InChI=1S/C22H25N5O3S/c1-2-11-31(29,30)18-7-3-15(4-8-18)22(28)27-16-5-6-17(27)13-26(12-16)21-19-9-10-23-20(19)24-14-25-21/h3-4,7-10,14,16-17H,2,5-6,11-13H2,1H3,(H,23,24,25). The number of nitrogens with one attached hydrogen (secondary N) is 1. The lowest BCUT2D eigenvalue weighted by Crippen LogP contribution is -2.56. The molecule has 2 aliphatic heterocycles. The Balaban J connectivity index is 1.36. The number of amides is 1. The third-order valence-corrected chi connectivity index (χ3v) is 8.22. The number of hydrogen-bond acceptors (Lipinski definition) is 6. The minimum atomic E-state index is -3.28. The summed E-state index contributed by atoms with van der Waals surface area (Å²) in [6.07, 6.45) is 5.91. The maximum absolute atomic E-state index is 13.3. The van der Waals surface area contributed by atoms with Crippen LogP contribution < -0.4 is 4.90 Å². The van der Waals surface area contributed by atoms with Gasteiger partial charge in [0.2, 0.25) is 0 Å². The summed E-state index contributed by atoms with van der Waals surface area (Å²) in [7, 11) is -3.28. The summed E-state index contributed by atoms with van der Waals surface area (Å²) >= 11 is 0. The smallest absolute Gasteiger partial charge is 0.254 e. The summed E-state index contributed by atoms with van der Waals surface area (Å²) in [4.78, 5) is 29.7. The van der Waals surface area contributed by atoms with E-state index in [1.165, 1.54) is 0 Å². The van der Waals surface area contributed by atoms with Gasteiger partial charge in [0, 0.05) is 24.8 Å². The molecule has 0 saturated carbocycles. The van der Waals surface area contributed by atoms with Crippen LogP contribution in [0.25, 0.3) is 11.0 Å². The average molecular weight is 440 g/mol. The molecule has 2 fully saturated rings. The minimum Gasteiger partial charge on any atom is -0.352 e. The van der Waals surface area contributed by atoms with Crippen LogP contribution in [0, 0.1) is 0 Å². The number of fused-ring (bicyclic) bond motifs is 3. The van der Waals surface area contributed by atoms with Gasteiger partial charge in [-0.1, -0.05) is 6.92 Å². The molecule has 0 radical (unpaired) electrons. The maximum Gasteiger partial charge on any atom is 0.254 e. The number of piperazine rings is 1. The SMILES string of the molecule is CCCS(=O)(=O)c1ccc(C(=O)N2C3CCC2CN(c2ncnc4[nH]ccc24)C3)cc1. The molecule has 2 aliphatic rings. The van der Waals surface area contributed by atoms with Crippen molar-refractivity contribution < 1.29 is 13.2 Å². The highest BCUT2D eigenvalue weighted by molar-refractivity contribution is 7.91. The maximum atomic E-state index is 13.3. The molecule has 0 spiro atoms. The molecular formula is C22H25N5O3S. The van der Waals surface area contributed by atoms with Crippen LogP contribution in [-0.4, -0.2) is 65.1 Å². The predicted octanol–water partition coefficient (Wildman–Crippen LogP) is 2.64. The first kappa shape index (κ1) is 20.0. The normalized spacial score (nSPS) is 21.1. The molecule has 3 aromatic rings. The van der Waals surface area contributed by atoms with Crippen LogP contribution in [0.5, 0.6) is 0 Å². The summed E-state index contributed by atoms with van der Waals surface area (Å²) in [6, 6.07) is 8.60. The molecule has 2 unspecified atom stereocenters. The van der Waals surface area contributed by atoms with E-state index in [0.717, 1.165) is 42.8 Å². The van der Waals surface area contributed by atoms with Gasteiger partial charge in [0.1, 0.15) is 17.8 Å². The molecular weight excluding hydrogens is 414 g/mol. The van der Waals surface area contributed by atoms with Gasteiger partial charge >= 0.3 is 0 Å². The highest BCUT2D eigenvalue weighted by atomic mass is 32.2. The van der Waals surface area contributed by atoms with E-state index in [-0.39, 0.29) is 28.6 Å². The molecule has 0 aliphatic carbocycles. The van der Waals surface area contributed by atoms with Gasteiger partial charge in [-0.05, 0) is 49.6 Å². The van der Waals surface area contributed by atoms with E-state index in [1.54, 1.807) is 30.6 Å². The number of rotatable bonds is 5. The van der Waals surface area contributed by atoms with Gasteiger partial charge in [0.05, 0.1) is 28.1 Å². The Hall–Kier alpha value is -2.94. The van der Waals surface area contributed by atoms with Crippen LogP contribution in [0.4, 0.5) is 5.82 Å². The van der Waals surface area contributed by atoms with Crippen LogP contribution in [0.2, 0.25) is 0 Å². The van der Waals surface area contributed by atoms with E-state index in [9.17, 15) is 13.2 Å². The van der Waals surface area contributed by atoms with Crippen molar-refractivity contribution in [1.29, 1.82) is 0 Å². The van der Waals surface area contributed by atoms with Crippen molar-refractivity contribution in [2.45, 2.75) is 43.2 Å². The summed E-state index contributed by atoms with van der Waals surface area (Å²) in [5.41, 5.74) is 1.35. The lowest BCUT2D eigenvalue weighted by molar-refractivity contribution is 0.0641. The van der Waals surface area contributed by atoms with E-state index in [4.69, 9.17) is 0 Å². The third-order valence-electron chi connectivity index (χ3n) is 6.28. The number of sulfone groups is 1. The number of nitrogens with zero attached hydrogens (tertiary/aromatic N) is 4. The summed E-state index contributed by atoms with van der Waals surface area (Å²) in [5.74, 6) is 0.992. The summed E-state index contributed by atoms with van der Waals surface area (Å²) in [5, 5.41) is 0.991. The third kappa shape index (κ3) is 3.46. The van der Waals surface area contributed by atoms with Crippen molar-refractivity contribution in [3.05, 3.63) is 48.4 Å². The second kappa shape index (κ2) is 7.64. The largest absolute Gasteiger partial charge is 0.352 e. The molecule has 9 heteroatoms. The number of carbonyl (C=O) groups excluding carboxylic acids is 1. The van der Waals surface area contributed by atoms with Crippen molar-refractivity contribution in [3.63, 3.8) is 0 Å². The van der Waals surface area contributed by atoms with Crippen molar-refractivity contribution in [2.75, 3.05) is 23.7 Å². The van der Waals surface area contributed by atoms with E-state index in [2.05, 4.69) is 19.9 Å². The number of benzene rings is 1. The van der Waals surface area contributed by atoms with E-state index >= 15 is 0 Å². The first-order valence-corrected chi connectivity index (χ1v) is 12.3. The van der Waals surface area contributed by atoms with Gasteiger partial charge in [0.25, 0.3) is 5.91 Å². The van der Waals surface area contributed by atoms with Gasteiger partial charge in [-0.25, -0.2) is 18.4 Å². The first-order chi connectivity index (χ1) is 15.0. The van der Waals surface area contributed by atoms with Crippen molar-refractivity contribution in [3.8, 4) is 0 Å². The number of anilines is 1. The zero-order valence-electron chi connectivity index (χ0n) is 17.4. The van der Waals surface area contributed by atoms with Gasteiger partial charge in [-0.2, -0.15) is 0 Å². The fourth-order valence-electron chi connectivity index (χ4n) is 4.86. The number of aromatic nitrogens is 3. The molecule has 2 bridgehead atoms. The molecule has 162 valence electrons. The zero-order valence-corrected chi connectivity index (χ0v) is 18.2. The number of H-pyrrole nitrogens is 1. The van der Waals surface area contributed by atoms with Crippen molar-refractivity contribution in [2.24, 2.45) is 0 Å². The summed E-state index contributed by atoms with van der Waals surface area (Å²) < 4.78 is 24.5. The number of carbonyl (C=O) groups is 1. The second-order valence-electron chi connectivity index (χ2n) is 8.28. The Kier molecular flexibility index (Phi) is 4.92. The first-order valence-electron chi connectivity index (χ1n) is 10.7. The van der Waals surface area contributed by atoms with Crippen molar-refractivity contribution >= 4 is 32.6 Å². The highest BCUT2D eigenvalue weighted by Gasteiger charge is 2.43. The Labute approximate surface area is 181 Å². The molecule has 1 aromatic carbocycles. The topological polar surface area (TPSA) is 99.3 Å². The van der Waals surface area contributed by atoms with Crippen LogP contribution >= 0.6 is 0 Å². The summed E-state index contributed by atoms with van der Waals surface area (Å²) in [6.45, 7) is 3.29. The Morgan fingerprint density at radius 1 is 1.10 bits per heavy atom. The van der Waals surface area contributed by atoms with Crippen molar-refractivity contribution in [1.82, 2.24) is 19.9 Å². The van der Waals surface area contributed by atoms with Crippen LogP contribution in [-0.2, 0) is 9.84 Å². The van der Waals surface area contributed by atoms with E-state index in [1.807, 2.05) is 24.1 Å². The van der Waals surface area contributed by atoms with Crippen LogP contribution in [0.3, 0.4) is 0 Å². The lowest BCUT2D eigenvalue weighted by atomic mass is 10.1. The van der Waals surface area contributed by atoms with Crippen LogP contribution in [0.1, 0.15) is 36.5 Å². The average Bonchev–Trinajstić information content (AvgIpc) is 3.35. The molecule has 2 atom stereocenters. The van der Waals surface area contributed by atoms with Crippen LogP contribution in [0.15, 0.2) is 47.8 Å². The highest BCUT2D eigenvalue weighted by Crippen LogP contribution is 2.35. The molecule has 2 aromatic heterocycles. The van der Waals surface area contributed by atoms with Gasteiger partial charge in [-0.15, -0.1) is 0 Å². The van der Waals surface area contributed by atoms with Gasteiger partial charge < -0.3 is 14.8 Å². The Bertz CT molecular complexity index is 1210. The molecule has 2 saturated heterocycles. The number of aromatic amines is 1. The Morgan fingerprint density at radius 3 is 2.48 bits per heavy atom. The van der Waals surface area contributed by atoms with E-state index < -0.39 is 9.84 Å². The monoisotopic (exact) mass is 439 g/mol. The Morgan fingerprint density at radius 2 is 1.81 bits per heavy atom. The fourth-order valence-corrected chi connectivity index (χ4v) is 6.18. The van der Waals surface area contributed by atoms with Gasteiger partial charge in [-0.3, -0.25) is 4.79 Å². The lowest BCUT2D eigenvalue weighted by Gasteiger charge is -2.41. The molecule has 1 N–H and O–H groups in total. The molecule has 5 rings (SSSR count). The predicted molar refractivity (Wildman–Crippen MR) is 118 cm³/mol. The molecule has 8 nitrogen and oxygen atoms in total. The number of hydrogen-bond donors (Lipinski definition) is 1. The fraction of sp³-hybridized carbons (Fsp3) is 0.409. The minimum absolute atomic E-state index is 0.0268. The molecule has 31 heavy (non-hydrogen) atoms. The molecule has 1 amide bonds. The zero-order chi connectivity index (χ0) is 21.6.